The van der Waals surface area contributed by atoms with Gasteiger partial charge in [-0.1, -0.05) is 0 Å². The topological polar surface area (TPSA) is 109 Å². The summed E-state index contributed by atoms with van der Waals surface area (Å²) in [5.74, 6) is 1.01. The summed E-state index contributed by atoms with van der Waals surface area (Å²) in [5.41, 5.74) is 3.74. The van der Waals surface area contributed by atoms with E-state index in [2.05, 4.69) is 19.9 Å². The van der Waals surface area contributed by atoms with Crippen molar-refractivity contribution in [3.63, 3.8) is 0 Å². The quantitative estimate of drug-likeness (QED) is 0.539. The van der Waals surface area contributed by atoms with Gasteiger partial charge in [0.25, 0.3) is 0 Å². The highest BCUT2D eigenvalue weighted by Crippen LogP contribution is 2.36. The molecule has 2 aromatic heterocycles. The van der Waals surface area contributed by atoms with E-state index in [1.54, 1.807) is 13.1 Å². The number of aromatic nitrogens is 4. The van der Waals surface area contributed by atoms with Crippen LogP contribution in [0.15, 0.2) is 30.6 Å². The third kappa shape index (κ3) is 4.75. The van der Waals surface area contributed by atoms with Crippen molar-refractivity contribution in [1.29, 1.82) is 0 Å². The molecule has 2 amide bonds. The Morgan fingerprint density at radius 2 is 2.06 bits per heavy atom. The fourth-order valence-electron chi connectivity index (χ4n) is 5.54. The standard InChI is InChI=1S/C25H33N7O3/c1-17-4-5-20-21(32(17)25(34)35)6-7-22-24(20)28-23(9-13-30-11-3-10-26-30)31(22)15-14-29-12-8-19(16-29)27-18(2)33/h3,6-7,10-11,17,19H,4-5,8-9,12-16H2,1-2H3,(H,27,33)(H,34,35)/t17-,19-/m0/s1. The smallest absolute Gasteiger partial charge is 0.412 e. The van der Waals surface area contributed by atoms with Gasteiger partial charge in [0, 0.05) is 76.1 Å². The Morgan fingerprint density at radius 3 is 2.80 bits per heavy atom. The molecule has 0 saturated carbocycles. The number of anilines is 1. The first kappa shape index (κ1) is 23.3. The van der Waals surface area contributed by atoms with Crippen molar-refractivity contribution < 1.29 is 14.7 Å². The number of carbonyl (C=O) groups excluding carboxylic acids is 1. The van der Waals surface area contributed by atoms with E-state index in [-0.39, 0.29) is 18.0 Å². The van der Waals surface area contributed by atoms with Gasteiger partial charge >= 0.3 is 6.09 Å². The second kappa shape index (κ2) is 9.69. The van der Waals surface area contributed by atoms with Gasteiger partial charge in [-0.05, 0) is 44.4 Å². The van der Waals surface area contributed by atoms with Gasteiger partial charge in [0.15, 0.2) is 0 Å². The van der Waals surface area contributed by atoms with E-state index < -0.39 is 6.09 Å². The van der Waals surface area contributed by atoms with Crippen LogP contribution in [0.2, 0.25) is 0 Å². The molecule has 1 fully saturated rings. The highest BCUT2D eigenvalue weighted by molar-refractivity contribution is 5.94. The highest BCUT2D eigenvalue weighted by Gasteiger charge is 2.31. The van der Waals surface area contributed by atoms with Crippen LogP contribution in [0, 0.1) is 0 Å². The second-order valence-electron chi connectivity index (χ2n) is 9.66. The Bertz CT molecular complexity index is 1220. The van der Waals surface area contributed by atoms with Crippen LogP contribution in [0.1, 0.15) is 38.1 Å². The minimum Gasteiger partial charge on any atom is -0.465 e. The molecule has 10 nitrogen and oxygen atoms in total. The van der Waals surface area contributed by atoms with Crippen molar-refractivity contribution in [3.05, 3.63) is 42.0 Å². The number of carboxylic acid groups (broad SMARTS) is 1. The normalized spacial score (nSPS) is 20.3. The van der Waals surface area contributed by atoms with Gasteiger partial charge in [-0.25, -0.2) is 9.78 Å². The number of amides is 2. The van der Waals surface area contributed by atoms with E-state index in [0.29, 0.717) is 0 Å². The Labute approximate surface area is 204 Å². The summed E-state index contributed by atoms with van der Waals surface area (Å²) in [5, 5.41) is 17.2. The lowest BCUT2D eigenvalue weighted by atomic mass is 9.96. The summed E-state index contributed by atoms with van der Waals surface area (Å²) in [6, 6.07) is 6.05. The fraction of sp³-hybridized carbons (Fsp3) is 0.520. The molecular formula is C25H33N7O3. The molecule has 1 saturated heterocycles. The van der Waals surface area contributed by atoms with E-state index in [1.807, 2.05) is 36.0 Å². The van der Waals surface area contributed by atoms with Crippen LogP contribution in [-0.2, 0) is 30.7 Å². The number of fused-ring (bicyclic) bond motifs is 3. The summed E-state index contributed by atoms with van der Waals surface area (Å²) in [6.45, 7) is 7.72. The number of nitrogens with one attached hydrogen (secondary N) is 1. The largest absolute Gasteiger partial charge is 0.465 e. The summed E-state index contributed by atoms with van der Waals surface area (Å²) in [7, 11) is 0. The van der Waals surface area contributed by atoms with E-state index in [1.165, 1.54) is 4.90 Å². The number of hydrogen-bond acceptors (Lipinski definition) is 5. The van der Waals surface area contributed by atoms with Gasteiger partial charge in [0.2, 0.25) is 5.91 Å². The molecule has 2 aliphatic heterocycles. The Morgan fingerprint density at radius 1 is 1.20 bits per heavy atom. The lowest BCUT2D eigenvalue weighted by Crippen LogP contribution is -2.41. The summed E-state index contributed by atoms with van der Waals surface area (Å²) >= 11 is 0. The molecule has 0 spiro atoms. The summed E-state index contributed by atoms with van der Waals surface area (Å²) in [6.07, 6.45) is 6.11. The van der Waals surface area contributed by atoms with Crippen LogP contribution < -0.4 is 10.2 Å². The second-order valence-corrected chi connectivity index (χ2v) is 9.66. The lowest BCUT2D eigenvalue weighted by molar-refractivity contribution is -0.119. The van der Waals surface area contributed by atoms with Crippen molar-refractivity contribution in [2.24, 2.45) is 0 Å². The number of aryl methyl sites for hydroxylation is 3. The summed E-state index contributed by atoms with van der Waals surface area (Å²) in [4.78, 5) is 32.3. The van der Waals surface area contributed by atoms with Crippen molar-refractivity contribution in [3.8, 4) is 0 Å². The van der Waals surface area contributed by atoms with Gasteiger partial charge < -0.3 is 15.0 Å². The molecule has 0 radical (unpaired) electrons. The van der Waals surface area contributed by atoms with Crippen LogP contribution >= 0.6 is 0 Å². The molecule has 0 unspecified atom stereocenters. The van der Waals surface area contributed by atoms with Crippen LogP contribution in [0.25, 0.3) is 11.0 Å². The van der Waals surface area contributed by atoms with Gasteiger partial charge in [0.1, 0.15) is 5.82 Å². The molecule has 3 aromatic rings. The van der Waals surface area contributed by atoms with Crippen molar-refractivity contribution in [1.82, 2.24) is 29.5 Å². The minimum absolute atomic E-state index is 0.0212. The number of hydrogen-bond donors (Lipinski definition) is 2. The Hall–Kier alpha value is -3.40. The van der Waals surface area contributed by atoms with E-state index in [4.69, 9.17) is 4.98 Å². The van der Waals surface area contributed by atoms with Gasteiger partial charge in [-0.15, -0.1) is 0 Å². The number of benzene rings is 1. The molecule has 0 bridgehead atoms. The molecule has 2 atom stereocenters. The molecular weight excluding hydrogens is 446 g/mol. The predicted molar refractivity (Wildman–Crippen MR) is 133 cm³/mol. The number of likely N-dealkylation sites (tertiary alicyclic amines) is 1. The Balaban J connectivity index is 1.44. The average molecular weight is 480 g/mol. The predicted octanol–water partition coefficient (Wildman–Crippen LogP) is 2.51. The molecule has 10 heteroatoms. The fourth-order valence-corrected chi connectivity index (χ4v) is 5.54. The molecule has 35 heavy (non-hydrogen) atoms. The zero-order chi connectivity index (χ0) is 24.5. The molecule has 2 N–H and O–H groups in total. The number of rotatable bonds is 7. The molecule has 1 aromatic carbocycles. The van der Waals surface area contributed by atoms with Gasteiger partial charge in [0.05, 0.1) is 16.7 Å². The SMILES string of the molecule is CC(=O)N[C@H]1CCN(CCn2c(CCn3cccn3)nc3c4c(ccc32)N(C(=O)O)[C@@H](C)CC4)C1. The van der Waals surface area contributed by atoms with Crippen LogP contribution in [0.4, 0.5) is 10.5 Å². The lowest BCUT2D eigenvalue weighted by Gasteiger charge is -2.33. The van der Waals surface area contributed by atoms with Crippen LogP contribution in [-0.4, -0.2) is 73.1 Å². The zero-order valence-corrected chi connectivity index (χ0v) is 20.4. The number of nitrogens with zero attached hydrogens (tertiary/aromatic N) is 6. The van der Waals surface area contributed by atoms with Gasteiger partial charge in [-0.2, -0.15) is 5.10 Å². The Kier molecular flexibility index (Phi) is 6.46. The van der Waals surface area contributed by atoms with E-state index in [9.17, 15) is 14.7 Å². The van der Waals surface area contributed by atoms with Crippen LogP contribution in [0.3, 0.4) is 0 Å². The maximum absolute atomic E-state index is 12.0. The molecule has 2 aliphatic rings. The summed E-state index contributed by atoms with van der Waals surface area (Å²) < 4.78 is 4.19. The van der Waals surface area contributed by atoms with Crippen molar-refractivity contribution in [2.75, 3.05) is 24.5 Å². The maximum Gasteiger partial charge on any atom is 0.412 e. The first-order chi connectivity index (χ1) is 16.9. The third-order valence-corrected chi connectivity index (χ3v) is 7.24. The van der Waals surface area contributed by atoms with Crippen molar-refractivity contribution in [2.45, 2.75) is 64.7 Å². The molecule has 0 aliphatic carbocycles. The van der Waals surface area contributed by atoms with Crippen molar-refractivity contribution >= 4 is 28.7 Å². The first-order valence-corrected chi connectivity index (χ1v) is 12.4. The van der Waals surface area contributed by atoms with E-state index >= 15 is 0 Å². The molecule has 4 heterocycles. The third-order valence-electron chi connectivity index (χ3n) is 7.24. The highest BCUT2D eigenvalue weighted by atomic mass is 16.4. The minimum atomic E-state index is -0.918. The van der Waals surface area contributed by atoms with Gasteiger partial charge in [-0.3, -0.25) is 19.3 Å². The zero-order valence-electron chi connectivity index (χ0n) is 20.4. The number of imidazole rings is 1. The first-order valence-electron chi connectivity index (χ1n) is 12.4. The average Bonchev–Trinajstić information content (AvgIpc) is 3.55. The monoisotopic (exact) mass is 479 g/mol. The number of carbonyl (C=O) groups is 2. The molecule has 186 valence electrons. The molecule has 5 rings (SSSR count). The van der Waals surface area contributed by atoms with E-state index in [0.717, 1.165) is 86.5 Å². The van der Waals surface area contributed by atoms with Crippen LogP contribution in [0.5, 0.6) is 0 Å². The maximum atomic E-state index is 12.0.